The van der Waals surface area contributed by atoms with Crippen molar-refractivity contribution < 1.29 is 0 Å². The van der Waals surface area contributed by atoms with Crippen LogP contribution in [0.15, 0.2) is 36.7 Å². The van der Waals surface area contributed by atoms with Crippen molar-refractivity contribution in [3.05, 3.63) is 40.2 Å². The summed E-state index contributed by atoms with van der Waals surface area (Å²) in [4.78, 5) is 8.70. The Hall–Kier alpha value is -1.21. The van der Waals surface area contributed by atoms with Crippen LogP contribution in [0.25, 0.3) is 20.8 Å². The fourth-order valence-electron chi connectivity index (χ4n) is 1.61. The van der Waals surface area contributed by atoms with Crippen LogP contribution in [0.5, 0.6) is 0 Å². The number of nitrogens with zero attached hydrogens (tertiary/aromatic N) is 2. The van der Waals surface area contributed by atoms with E-state index in [-0.39, 0.29) is 0 Å². The van der Waals surface area contributed by atoms with Crippen molar-refractivity contribution in [1.29, 1.82) is 0 Å². The maximum atomic E-state index is 5.94. The topological polar surface area (TPSA) is 51.8 Å². The van der Waals surface area contributed by atoms with Crippen LogP contribution >= 0.6 is 33.9 Å². The summed E-state index contributed by atoms with van der Waals surface area (Å²) in [6.45, 7) is 0. The highest BCUT2D eigenvalue weighted by Gasteiger charge is 2.10. The molecular formula is C12H8IN3S. The lowest BCUT2D eigenvalue weighted by Gasteiger charge is -1.95. The van der Waals surface area contributed by atoms with E-state index < -0.39 is 0 Å². The van der Waals surface area contributed by atoms with Crippen molar-refractivity contribution in [1.82, 2.24) is 9.97 Å². The fourth-order valence-corrected chi connectivity index (χ4v) is 3.37. The van der Waals surface area contributed by atoms with E-state index in [2.05, 4.69) is 32.6 Å². The summed E-state index contributed by atoms with van der Waals surface area (Å²) in [7, 11) is 0. The summed E-state index contributed by atoms with van der Waals surface area (Å²) < 4.78 is 2.32. The molecule has 84 valence electrons. The summed E-state index contributed by atoms with van der Waals surface area (Å²) >= 11 is 3.96. The zero-order chi connectivity index (χ0) is 11.8. The van der Waals surface area contributed by atoms with Gasteiger partial charge in [-0.15, -0.1) is 11.3 Å². The molecule has 0 saturated heterocycles. The van der Waals surface area contributed by atoms with E-state index in [0.29, 0.717) is 0 Å². The standard InChI is InChI=1S/C12H8IN3S/c13-8-3-4-9(14)10-11(8)17-12(16-10)7-2-1-5-15-6-7/h1-6H,14H2. The van der Waals surface area contributed by atoms with Crippen LogP contribution in [-0.2, 0) is 0 Å². The molecule has 0 aliphatic rings. The number of hydrogen-bond donors (Lipinski definition) is 1. The zero-order valence-corrected chi connectivity index (χ0v) is 11.7. The molecule has 0 aliphatic heterocycles. The molecular weight excluding hydrogens is 345 g/mol. The number of nitrogens with two attached hydrogens (primary N) is 1. The molecule has 0 fully saturated rings. The van der Waals surface area contributed by atoms with Gasteiger partial charge in [0, 0.05) is 21.5 Å². The van der Waals surface area contributed by atoms with Gasteiger partial charge in [0.15, 0.2) is 0 Å². The number of pyridine rings is 1. The fraction of sp³-hybridized carbons (Fsp3) is 0. The Morgan fingerprint density at radius 2 is 2.12 bits per heavy atom. The average molecular weight is 353 g/mol. The lowest BCUT2D eigenvalue weighted by Crippen LogP contribution is -1.87. The first-order valence-corrected chi connectivity index (χ1v) is 6.90. The molecule has 3 rings (SSSR count). The number of rotatable bonds is 1. The van der Waals surface area contributed by atoms with E-state index in [4.69, 9.17) is 5.73 Å². The number of fused-ring (bicyclic) bond motifs is 1. The van der Waals surface area contributed by atoms with Gasteiger partial charge < -0.3 is 5.73 Å². The van der Waals surface area contributed by atoms with Crippen molar-refractivity contribution >= 4 is 49.8 Å². The largest absolute Gasteiger partial charge is 0.397 e. The molecule has 5 heteroatoms. The van der Waals surface area contributed by atoms with Gasteiger partial charge in [-0.3, -0.25) is 4.98 Å². The predicted molar refractivity (Wildman–Crippen MR) is 80.0 cm³/mol. The second-order valence-corrected chi connectivity index (χ2v) is 5.74. The first kappa shape index (κ1) is 10.9. The van der Waals surface area contributed by atoms with E-state index in [0.717, 1.165) is 26.5 Å². The van der Waals surface area contributed by atoms with Crippen LogP contribution in [0, 0.1) is 3.57 Å². The minimum Gasteiger partial charge on any atom is -0.397 e. The van der Waals surface area contributed by atoms with Gasteiger partial charge in [-0.2, -0.15) is 0 Å². The molecule has 0 bridgehead atoms. The molecule has 17 heavy (non-hydrogen) atoms. The Kier molecular flexibility index (Phi) is 2.71. The van der Waals surface area contributed by atoms with Gasteiger partial charge in [0.25, 0.3) is 0 Å². The van der Waals surface area contributed by atoms with Gasteiger partial charge >= 0.3 is 0 Å². The molecule has 0 aliphatic carbocycles. The third-order valence-corrected chi connectivity index (χ3v) is 4.84. The summed E-state index contributed by atoms with van der Waals surface area (Å²) in [6.07, 6.45) is 3.58. The van der Waals surface area contributed by atoms with Crippen molar-refractivity contribution in [2.45, 2.75) is 0 Å². The lowest BCUT2D eigenvalue weighted by atomic mass is 10.3. The Morgan fingerprint density at radius 3 is 2.82 bits per heavy atom. The molecule has 3 aromatic rings. The van der Waals surface area contributed by atoms with E-state index >= 15 is 0 Å². The monoisotopic (exact) mass is 353 g/mol. The average Bonchev–Trinajstić information content (AvgIpc) is 2.81. The van der Waals surface area contributed by atoms with E-state index in [1.54, 1.807) is 17.5 Å². The predicted octanol–water partition coefficient (Wildman–Crippen LogP) is 3.55. The number of nitrogen functional groups attached to an aromatic ring is 1. The van der Waals surface area contributed by atoms with Gasteiger partial charge in [0.05, 0.1) is 10.4 Å². The van der Waals surface area contributed by atoms with E-state index in [1.807, 2.05) is 30.5 Å². The molecule has 0 atom stereocenters. The third kappa shape index (κ3) is 1.89. The Morgan fingerprint density at radius 1 is 1.24 bits per heavy atom. The van der Waals surface area contributed by atoms with Crippen LogP contribution < -0.4 is 5.73 Å². The van der Waals surface area contributed by atoms with Crippen molar-refractivity contribution in [3.63, 3.8) is 0 Å². The van der Waals surface area contributed by atoms with Crippen molar-refractivity contribution in [2.24, 2.45) is 0 Å². The Bertz CT molecular complexity index is 640. The smallest absolute Gasteiger partial charge is 0.126 e. The molecule has 0 amide bonds. The second kappa shape index (κ2) is 4.23. The molecule has 3 nitrogen and oxygen atoms in total. The maximum Gasteiger partial charge on any atom is 0.126 e. The second-order valence-electron chi connectivity index (χ2n) is 3.58. The molecule has 1 aromatic carbocycles. The normalized spacial score (nSPS) is 10.9. The number of thiazole rings is 1. The van der Waals surface area contributed by atoms with Crippen LogP contribution in [-0.4, -0.2) is 9.97 Å². The van der Waals surface area contributed by atoms with Crippen LogP contribution in [0.4, 0.5) is 5.69 Å². The first-order valence-electron chi connectivity index (χ1n) is 5.00. The Labute approximate surface area is 116 Å². The van der Waals surface area contributed by atoms with Gasteiger partial charge in [0.1, 0.15) is 10.5 Å². The Balaban J connectivity index is 2.27. The number of anilines is 1. The summed E-state index contributed by atoms with van der Waals surface area (Å²) in [5.74, 6) is 0. The van der Waals surface area contributed by atoms with E-state index in [1.165, 1.54) is 3.57 Å². The first-order chi connectivity index (χ1) is 8.25. The molecule has 2 N–H and O–H groups in total. The quantitative estimate of drug-likeness (QED) is 0.538. The molecule has 0 radical (unpaired) electrons. The number of hydrogen-bond acceptors (Lipinski definition) is 4. The highest BCUT2D eigenvalue weighted by atomic mass is 127. The molecule has 0 unspecified atom stereocenters. The van der Waals surface area contributed by atoms with E-state index in [9.17, 15) is 0 Å². The maximum absolute atomic E-state index is 5.94. The SMILES string of the molecule is Nc1ccc(I)c2sc(-c3cccnc3)nc12. The number of halogens is 1. The van der Waals surface area contributed by atoms with Gasteiger partial charge in [-0.05, 0) is 46.9 Å². The zero-order valence-electron chi connectivity index (χ0n) is 8.72. The third-order valence-electron chi connectivity index (χ3n) is 2.44. The highest BCUT2D eigenvalue weighted by molar-refractivity contribution is 14.1. The van der Waals surface area contributed by atoms with Crippen LogP contribution in [0.3, 0.4) is 0 Å². The van der Waals surface area contributed by atoms with Gasteiger partial charge in [0.2, 0.25) is 0 Å². The lowest BCUT2D eigenvalue weighted by molar-refractivity contribution is 1.32. The minimum absolute atomic E-state index is 0.729. The minimum atomic E-state index is 0.729. The number of benzene rings is 1. The van der Waals surface area contributed by atoms with Gasteiger partial charge in [-0.1, -0.05) is 0 Å². The summed E-state index contributed by atoms with van der Waals surface area (Å²) in [5, 5.41) is 0.962. The molecule has 0 spiro atoms. The summed E-state index contributed by atoms with van der Waals surface area (Å²) in [5.41, 5.74) is 8.59. The van der Waals surface area contributed by atoms with Crippen molar-refractivity contribution in [3.8, 4) is 10.6 Å². The highest BCUT2D eigenvalue weighted by Crippen LogP contribution is 2.35. The summed E-state index contributed by atoms with van der Waals surface area (Å²) in [6, 6.07) is 7.84. The molecule has 0 saturated carbocycles. The van der Waals surface area contributed by atoms with Crippen LogP contribution in [0.1, 0.15) is 0 Å². The van der Waals surface area contributed by atoms with Crippen LogP contribution in [0.2, 0.25) is 0 Å². The number of aromatic nitrogens is 2. The van der Waals surface area contributed by atoms with Gasteiger partial charge in [-0.25, -0.2) is 4.98 Å². The molecule has 2 aromatic heterocycles. The van der Waals surface area contributed by atoms with Crippen molar-refractivity contribution in [2.75, 3.05) is 5.73 Å². The molecule has 2 heterocycles.